The molecule has 7 heteroatoms. The first kappa shape index (κ1) is 17.8. The van der Waals surface area contributed by atoms with Gasteiger partial charge < -0.3 is 10.1 Å². The lowest BCUT2D eigenvalue weighted by Crippen LogP contribution is -2.36. The number of hydrogen-bond acceptors (Lipinski definition) is 4. The molecule has 0 aliphatic heterocycles. The van der Waals surface area contributed by atoms with E-state index in [9.17, 15) is 13.2 Å². The first-order chi connectivity index (χ1) is 9.77. The maximum Gasteiger partial charge on any atom is 0.235 e. The molecule has 1 aromatic rings. The van der Waals surface area contributed by atoms with Crippen molar-refractivity contribution >= 4 is 27.3 Å². The number of hydrogen-bond donors (Lipinski definition) is 1. The van der Waals surface area contributed by atoms with Gasteiger partial charge in [0.1, 0.15) is 11.5 Å². The van der Waals surface area contributed by atoms with Gasteiger partial charge >= 0.3 is 0 Å². The summed E-state index contributed by atoms with van der Waals surface area (Å²) in [5, 5.41) is 3.06. The molecule has 0 radical (unpaired) electrons. The summed E-state index contributed by atoms with van der Waals surface area (Å²) in [5.74, 6) is -0.895. The van der Waals surface area contributed by atoms with Crippen molar-refractivity contribution in [2.45, 2.75) is 32.1 Å². The summed E-state index contributed by atoms with van der Waals surface area (Å²) in [6.07, 6.45) is 0.744. The Kier molecular flexibility index (Phi) is 6.48. The van der Waals surface area contributed by atoms with E-state index in [1.165, 1.54) is 13.2 Å². The van der Waals surface area contributed by atoms with E-state index in [1.807, 2.05) is 13.8 Å². The molecule has 1 rings (SSSR count). The summed E-state index contributed by atoms with van der Waals surface area (Å²) in [5.41, 5.74) is 0.446. The number of carbonyl (C=O) groups is 1. The van der Waals surface area contributed by atoms with Crippen LogP contribution in [0.1, 0.15) is 25.8 Å². The summed E-state index contributed by atoms with van der Waals surface area (Å²) in [6, 6.07) is 4.71. The van der Waals surface area contributed by atoms with Gasteiger partial charge in [0.25, 0.3) is 0 Å². The molecule has 0 unspecified atom stereocenters. The normalized spacial score (nSPS) is 12.8. The smallest absolute Gasteiger partial charge is 0.235 e. The van der Waals surface area contributed by atoms with Gasteiger partial charge in [0.05, 0.1) is 12.9 Å². The molecular weight excluding hydrogens is 314 g/mol. The van der Waals surface area contributed by atoms with Crippen LogP contribution in [0.5, 0.6) is 5.75 Å². The second kappa shape index (κ2) is 7.66. The highest BCUT2D eigenvalue weighted by Gasteiger charge is 2.20. The van der Waals surface area contributed by atoms with Crippen molar-refractivity contribution in [3.05, 3.63) is 28.8 Å². The molecular formula is C14H20ClNO4S. The predicted molar refractivity (Wildman–Crippen MR) is 83.4 cm³/mol. The summed E-state index contributed by atoms with van der Waals surface area (Å²) in [6.45, 7) is 3.74. The molecule has 0 aliphatic carbocycles. The van der Waals surface area contributed by atoms with Crippen molar-refractivity contribution in [1.82, 2.24) is 5.32 Å². The minimum absolute atomic E-state index is 0.0478. The molecule has 21 heavy (non-hydrogen) atoms. The molecule has 0 saturated heterocycles. The van der Waals surface area contributed by atoms with Crippen LogP contribution in [0.25, 0.3) is 0 Å². The summed E-state index contributed by atoms with van der Waals surface area (Å²) in [4.78, 5) is 11.7. The van der Waals surface area contributed by atoms with Crippen LogP contribution in [0.3, 0.4) is 0 Å². The van der Waals surface area contributed by atoms with Gasteiger partial charge in [-0.05, 0) is 31.5 Å². The van der Waals surface area contributed by atoms with E-state index in [0.717, 1.165) is 6.42 Å². The number of benzene rings is 1. The molecule has 0 bridgehead atoms. The highest BCUT2D eigenvalue weighted by molar-refractivity contribution is 7.91. The Morgan fingerprint density at radius 1 is 1.43 bits per heavy atom. The highest BCUT2D eigenvalue weighted by Crippen LogP contribution is 2.24. The van der Waals surface area contributed by atoms with Crippen molar-refractivity contribution in [1.29, 1.82) is 0 Å². The molecule has 1 N–H and O–H groups in total. The molecule has 1 atom stereocenters. The fourth-order valence-electron chi connectivity index (χ4n) is 1.77. The monoisotopic (exact) mass is 333 g/mol. The predicted octanol–water partition coefficient (Wildman–Crippen LogP) is 2.18. The quantitative estimate of drug-likeness (QED) is 0.830. The van der Waals surface area contributed by atoms with E-state index < -0.39 is 21.5 Å². The van der Waals surface area contributed by atoms with E-state index in [2.05, 4.69) is 5.32 Å². The molecule has 0 spiro atoms. The third kappa shape index (κ3) is 5.93. The topological polar surface area (TPSA) is 72.5 Å². The van der Waals surface area contributed by atoms with Crippen molar-refractivity contribution < 1.29 is 17.9 Å². The van der Waals surface area contributed by atoms with Crippen LogP contribution in [0.4, 0.5) is 0 Å². The summed E-state index contributed by atoms with van der Waals surface area (Å²) in [7, 11) is -2.13. The number of ether oxygens (including phenoxy) is 1. The third-order valence-corrected chi connectivity index (χ3v) is 4.68. The van der Waals surface area contributed by atoms with Crippen LogP contribution >= 0.6 is 11.6 Å². The lowest BCUT2D eigenvalue weighted by Gasteiger charge is -2.12. The van der Waals surface area contributed by atoms with Gasteiger partial charge in [-0.2, -0.15) is 0 Å². The van der Waals surface area contributed by atoms with E-state index >= 15 is 0 Å². The fourth-order valence-corrected chi connectivity index (χ4v) is 3.25. The van der Waals surface area contributed by atoms with Gasteiger partial charge in [0.15, 0.2) is 9.84 Å². The van der Waals surface area contributed by atoms with Crippen molar-refractivity contribution in [3.63, 3.8) is 0 Å². The number of carbonyl (C=O) groups excluding carboxylic acids is 1. The Morgan fingerprint density at radius 2 is 2.10 bits per heavy atom. The number of methoxy groups -OCH3 is 1. The SMILES string of the molecule is CC[C@@H](C)NC(=O)CS(=O)(=O)Cc1cc(Cl)ccc1OC. The molecule has 1 amide bonds. The van der Waals surface area contributed by atoms with Crippen molar-refractivity contribution in [2.75, 3.05) is 12.9 Å². The van der Waals surface area contributed by atoms with Crippen LogP contribution in [-0.2, 0) is 20.4 Å². The maximum atomic E-state index is 12.1. The average molecular weight is 334 g/mol. The molecule has 0 heterocycles. The molecule has 0 aromatic heterocycles. The molecule has 0 aliphatic rings. The van der Waals surface area contributed by atoms with Gasteiger partial charge in [-0.15, -0.1) is 0 Å². The third-order valence-electron chi connectivity index (χ3n) is 2.99. The zero-order valence-corrected chi connectivity index (χ0v) is 13.9. The minimum atomic E-state index is -3.59. The largest absolute Gasteiger partial charge is 0.496 e. The number of amides is 1. The first-order valence-electron chi connectivity index (χ1n) is 6.59. The zero-order valence-electron chi connectivity index (χ0n) is 12.3. The number of nitrogens with one attached hydrogen (secondary N) is 1. The summed E-state index contributed by atoms with van der Waals surface area (Å²) >= 11 is 5.87. The Balaban J connectivity index is 2.81. The lowest BCUT2D eigenvalue weighted by atomic mass is 10.2. The van der Waals surface area contributed by atoms with Crippen molar-refractivity contribution in [2.24, 2.45) is 0 Å². The molecule has 0 fully saturated rings. The number of halogens is 1. The van der Waals surface area contributed by atoms with Crippen LogP contribution in [0.15, 0.2) is 18.2 Å². The average Bonchev–Trinajstić information content (AvgIpc) is 2.37. The second-order valence-corrected chi connectivity index (χ2v) is 7.37. The molecule has 0 saturated carbocycles. The van der Waals surface area contributed by atoms with Gasteiger partial charge in [-0.3, -0.25) is 4.79 Å². The van der Waals surface area contributed by atoms with E-state index in [4.69, 9.17) is 16.3 Å². The van der Waals surface area contributed by atoms with Gasteiger partial charge in [0.2, 0.25) is 5.91 Å². The lowest BCUT2D eigenvalue weighted by molar-refractivity contribution is -0.119. The van der Waals surface area contributed by atoms with Crippen LogP contribution in [0.2, 0.25) is 5.02 Å². The number of rotatable bonds is 7. The van der Waals surface area contributed by atoms with Gasteiger partial charge in [-0.1, -0.05) is 18.5 Å². The zero-order chi connectivity index (χ0) is 16.0. The van der Waals surface area contributed by atoms with Gasteiger partial charge in [-0.25, -0.2) is 8.42 Å². The minimum Gasteiger partial charge on any atom is -0.496 e. The van der Waals surface area contributed by atoms with Crippen LogP contribution < -0.4 is 10.1 Å². The second-order valence-electron chi connectivity index (χ2n) is 4.87. The standard InChI is InChI=1S/C14H20ClNO4S/c1-4-10(2)16-14(17)9-21(18,19)8-11-7-12(15)5-6-13(11)20-3/h5-7,10H,4,8-9H2,1-3H3,(H,16,17)/t10-/m1/s1. The molecule has 5 nitrogen and oxygen atoms in total. The van der Waals surface area contributed by atoms with E-state index in [-0.39, 0.29) is 11.8 Å². The number of sulfone groups is 1. The highest BCUT2D eigenvalue weighted by atomic mass is 35.5. The molecule has 1 aromatic carbocycles. The van der Waals surface area contributed by atoms with Crippen LogP contribution in [0, 0.1) is 0 Å². The summed E-state index contributed by atoms with van der Waals surface area (Å²) < 4.78 is 29.3. The Bertz CT molecular complexity index is 601. The molecule has 118 valence electrons. The first-order valence-corrected chi connectivity index (χ1v) is 8.79. The van der Waals surface area contributed by atoms with E-state index in [0.29, 0.717) is 16.3 Å². The fraction of sp³-hybridized carbons (Fsp3) is 0.500. The Morgan fingerprint density at radius 3 is 2.67 bits per heavy atom. The van der Waals surface area contributed by atoms with Crippen LogP contribution in [-0.4, -0.2) is 33.2 Å². The van der Waals surface area contributed by atoms with Gasteiger partial charge in [0, 0.05) is 16.6 Å². The van der Waals surface area contributed by atoms with E-state index in [1.54, 1.807) is 12.1 Å². The Hall–Kier alpha value is -1.27. The Labute approximate surface area is 130 Å². The van der Waals surface area contributed by atoms with Crippen molar-refractivity contribution in [3.8, 4) is 5.75 Å². The maximum absolute atomic E-state index is 12.1.